The minimum atomic E-state index is -3.48. The fourth-order valence-corrected chi connectivity index (χ4v) is 5.03. The highest BCUT2D eigenvalue weighted by molar-refractivity contribution is 7.89. The highest BCUT2D eigenvalue weighted by Crippen LogP contribution is 2.32. The van der Waals surface area contributed by atoms with Crippen molar-refractivity contribution in [2.75, 3.05) is 20.1 Å². The van der Waals surface area contributed by atoms with Crippen LogP contribution < -0.4 is 10.0 Å². The number of piperidine rings is 3. The number of rotatable bonds is 5. The van der Waals surface area contributed by atoms with E-state index in [1.165, 1.54) is 19.2 Å². The smallest absolute Gasteiger partial charge is 0.287 e. The van der Waals surface area contributed by atoms with Crippen molar-refractivity contribution >= 4 is 15.9 Å². The van der Waals surface area contributed by atoms with Gasteiger partial charge in [0.2, 0.25) is 10.0 Å². The third-order valence-electron chi connectivity index (χ3n) is 6.02. The van der Waals surface area contributed by atoms with Crippen molar-refractivity contribution in [3.8, 4) is 11.3 Å². The van der Waals surface area contributed by atoms with Crippen LogP contribution in [0.3, 0.4) is 0 Å². The number of hydrogen-bond acceptors (Lipinski definition) is 5. The van der Waals surface area contributed by atoms with Gasteiger partial charge in [0, 0.05) is 17.6 Å². The van der Waals surface area contributed by atoms with Crippen molar-refractivity contribution in [2.24, 2.45) is 5.92 Å². The fraction of sp³-hybridized carbons (Fsp3) is 0.450. The molecular weight excluding hydrogens is 378 g/mol. The Morgan fingerprint density at radius 1 is 1.11 bits per heavy atom. The second-order valence-corrected chi connectivity index (χ2v) is 9.40. The van der Waals surface area contributed by atoms with Crippen molar-refractivity contribution < 1.29 is 17.6 Å². The highest BCUT2D eigenvalue weighted by Gasteiger charge is 2.40. The van der Waals surface area contributed by atoms with Crippen LogP contribution in [0.25, 0.3) is 11.3 Å². The molecule has 28 heavy (non-hydrogen) atoms. The van der Waals surface area contributed by atoms with Gasteiger partial charge in [0.25, 0.3) is 5.91 Å². The Morgan fingerprint density at radius 2 is 1.79 bits per heavy atom. The van der Waals surface area contributed by atoms with Gasteiger partial charge in [-0.2, -0.15) is 0 Å². The van der Waals surface area contributed by atoms with E-state index in [0.717, 1.165) is 25.9 Å². The van der Waals surface area contributed by atoms with E-state index in [1.54, 1.807) is 24.3 Å². The highest BCUT2D eigenvalue weighted by atomic mass is 32.2. The maximum absolute atomic E-state index is 12.7. The number of nitrogens with one attached hydrogen (secondary N) is 2. The Bertz CT molecular complexity index is 958. The molecule has 7 nitrogen and oxygen atoms in total. The lowest BCUT2D eigenvalue weighted by atomic mass is 9.79. The molecule has 0 aliphatic carbocycles. The molecule has 1 aromatic heterocycles. The van der Waals surface area contributed by atoms with Gasteiger partial charge >= 0.3 is 0 Å². The molecule has 150 valence electrons. The number of carbonyl (C=O) groups is 1. The molecule has 2 atom stereocenters. The number of nitrogens with zero attached hydrogens (tertiary/aromatic N) is 1. The first-order chi connectivity index (χ1) is 13.4. The summed E-state index contributed by atoms with van der Waals surface area (Å²) in [6.07, 6.45) is 2.25. The van der Waals surface area contributed by atoms with Crippen LogP contribution in [-0.4, -0.2) is 51.4 Å². The Labute approximate surface area is 165 Å². The maximum Gasteiger partial charge on any atom is 0.287 e. The SMILES string of the molecule is CNS(=O)(=O)c1ccc(-c2ccc(C(=O)NC3C4CCN(CC4)C3C)o2)cc1. The van der Waals surface area contributed by atoms with E-state index in [2.05, 4.69) is 21.9 Å². The number of hydrogen-bond donors (Lipinski definition) is 2. The van der Waals surface area contributed by atoms with Crippen LogP contribution in [0.4, 0.5) is 0 Å². The standard InChI is InChI=1S/C20H25N3O4S/c1-13-19(15-9-11-23(13)12-10-15)22-20(24)18-8-7-17(27-18)14-3-5-16(6-4-14)28(25,26)21-2/h3-8,13,15,19,21H,9-12H2,1-2H3,(H,22,24). The van der Waals surface area contributed by atoms with Gasteiger partial charge in [-0.15, -0.1) is 0 Å². The topological polar surface area (TPSA) is 91.6 Å². The van der Waals surface area contributed by atoms with Crippen LogP contribution in [0.15, 0.2) is 45.7 Å². The van der Waals surface area contributed by atoms with E-state index in [1.807, 2.05) is 0 Å². The van der Waals surface area contributed by atoms with Crippen LogP contribution in [0, 0.1) is 5.92 Å². The van der Waals surface area contributed by atoms with Gasteiger partial charge in [-0.05, 0) is 82.2 Å². The summed E-state index contributed by atoms with van der Waals surface area (Å²) >= 11 is 0. The predicted octanol–water partition coefficient (Wildman–Crippen LogP) is 2.07. The molecule has 0 radical (unpaired) electrons. The van der Waals surface area contributed by atoms with Crippen molar-refractivity contribution in [1.29, 1.82) is 0 Å². The van der Waals surface area contributed by atoms with Crippen LogP contribution in [0.2, 0.25) is 0 Å². The summed E-state index contributed by atoms with van der Waals surface area (Å²) in [5.74, 6) is 1.12. The molecule has 3 saturated heterocycles. The van der Waals surface area contributed by atoms with E-state index >= 15 is 0 Å². The minimum absolute atomic E-state index is 0.148. The lowest BCUT2D eigenvalue weighted by Gasteiger charge is -2.49. The predicted molar refractivity (Wildman–Crippen MR) is 105 cm³/mol. The number of fused-ring (bicyclic) bond motifs is 3. The van der Waals surface area contributed by atoms with Crippen molar-refractivity contribution in [2.45, 2.75) is 36.7 Å². The zero-order valence-corrected chi connectivity index (χ0v) is 16.8. The molecule has 3 fully saturated rings. The molecule has 4 heterocycles. The lowest BCUT2D eigenvalue weighted by molar-refractivity contribution is 0.0211. The molecule has 8 heteroatoms. The number of carbonyl (C=O) groups excluding carboxylic acids is 1. The molecule has 2 bridgehead atoms. The van der Waals surface area contributed by atoms with Gasteiger partial charge in [0.1, 0.15) is 5.76 Å². The normalized spacial score (nSPS) is 26.9. The zero-order valence-electron chi connectivity index (χ0n) is 16.0. The molecule has 2 N–H and O–H groups in total. The molecule has 1 amide bonds. The molecule has 2 unspecified atom stereocenters. The van der Waals surface area contributed by atoms with Gasteiger partial charge in [-0.1, -0.05) is 0 Å². The molecule has 1 aromatic carbocycles. The van der Waals surface area contributed by atoms with E-state index in [9.17, 15) is 13.2 Å². The third kappa shape index (κ3) is 3.47. The minimum Gasteiger partial charge on any atom is -0.451 e. The zero-order chi connectivity index (χ0) is 19.9. The van der Waals surface area contributed by atoms with Gasteiger partial charge in [-0.25, -0.2) is 13.1 Å². The summed E-state index contributed by atoms with van der Waals surface area (Å²) in [5.41, 5.74) is 0.713. The van der Waals surface area contributed by atoms with Crippen LogP contribution in [-0.2, 0) is 10.0 Å². The average molecular weight is 404 g/mol. The Kier molecular flexibility index (Phi) is 5.03. The first-order valence-corrected chi connectivity index (χ1v) is 11.1. The third-order valence-corrected chi connectivity index (χ3v) is 7.45. The summed E-state index contributed by atoms with van der Waals surface area (Å²) in [7, 11) is -2.11. The monoisotopic (exact) mass is 403 g/mol. The van der Waals surface area contributed by atoms with Crippen molar-refractivity contribution in [1.82, 2.24) is 14.9 Å². The van der Waals surface area contributed by atoms with Gasteiger partial charge in [-0.3, -0.25) is 9.69 Å². The Morgan fingerprint density at radius 3 is 2.39 bits per heavy atom. The number of amides is 1. The van der Waals surface area contributed by atoms with Crippen molar-refractivity contribution in [3.05, 3.63) is 42.2 Å². The van der Waals surface area contributed by atoms with E-state index in [-0.39, 0.29) is 22.6 Å². The summed E-state index contributed by atoms with van der Waals surface area (Å²) in [6, 6.07) is 10.2. The molecular formula is C20H25N3O4S. The Balaban J connectivity index is 1.47. The number of furan rings is 1. The first kappa shape index (κ1) is 19.2. The molecule has 5 rings (SSSR count). The molecule has 0 saturated carbocycles. The molecule has 0 spiro atoms. The van der Waals surface area contributed by atoms with Crippen molar-refractivity contribution in [3.63, 3.8) is 0 Å². The van der Waals surface area contributed by atoms with E-state index in [0.29, 0.717) is 23.3 Å². The molecule has 3 aliphatic heterocycles. The van der Waals surface area contributed by atoms with Gasteiger partial charge < -0.3 is 9.73 Å². The van der Waals surface area contributed by atoms with Crippen LogP contribution >= 0.6 is 0 Å². The first-order valence-electron chi connectivity index (χ1n) is 9.58. The largest absolute Gasteiger partial charge is 0.451 e. The van der Waals surface area contributed by atoms with E-state index < -0.39 is 10.0 Å². The van der Waals surface area contributed by atoms with E-state index in [4.69, 9.17) is 4.42 Å². The summed E-state index contributed by atoms with van der Waals surface area (Å²) in [6.45, 7) is 4.40. The summed E-state index contributed by atoms with van der Waals surface area (Å²) < 4.78 is 31.7. The second-order valence-electron chi connectivity index (χ2n) is 7.51. The van der Waals surface area contributed by atoms with Gasteiger partial charge in [0.05, 0.1) is 4.90 Å². The summed E-state index contributed by atoms with van der Waals surface area (Å²) in [4.78, 5) is 15.3. The average Bonchev–Trinajstić information content (AvgIpc) is 3.21. The van der Waals surface area contributed by atoms with Crippen LogP contribution in [0.5, 0.6) is 0 Å². The maximum atomic E-state index is 12.7. The quantitative estimate of drug-likeness (QED) is 0.797. The Hall–Kier alpha value is -2.16. The molecule has 3 aliphatic rings. The fourth-order valence-electron chi connectivity index (χ4n) is 4.30. The lowest BCUT2D eigenvalue weighted by Crippen LogP contribution is -2.62. The number of sulfonamides is 1. The molecule has 2 aromatic rings. The summed E-state index contributed by atoms with van der Waals surface area (Å²) in [5, 5.41) is 3.16. The van der Waals surface area contributed by atoms with Crippen LogP contribution in [0.1, 0.15) is 30.3 Å². The second kappa shape index (κ2) is 7.35. The number of benzene rings is 1. The van der Waals surface area contributed by atoms with Gasteiger partial charge in [0.15, 0.2) is 5.76 Å².